The van der Waals surface area contributed by atoms with Crippen LogP contribution in [-0.2, 0) is 14.3 Å². The van der Waals surface area contributed by atoms with E-state index in [0.717, 1.165) is 0 Å². The molecular weight excluding hydrogens is 362 g/mol. The van der Waals surface area contributed by atoms with E-state index in [9.17, 15) is 9.59 Å². The molecule has 4 N–H and O–H groups in total. The lowest BCUT2D eigenvalue weighted by Gasteiger charge is -2.26. The number of amides is 1. The van der Waals surface area contributed by atoms with Crippen molar-refractivity contribution in [2.75, 3.05) is 20.3 Å². The molecule has 9 nitrogen and oxygen atoms in total. The lowest BCUT2D eigenvalue weighted by atomic mass is 10.0. The van der Waals surface area contributed by atoms with Crippen LogP contribution in [0.5, 0.6) is 5.75 Å². The number of para-hydroxylation sites is 1. The Hall–Kier alpha value is -3.12. The molecule has 0 saturated carbocycles. The van der Waals surface area contributed by atoms with Crippen molar-refractivity contribution in [3.05, 3.63) is 30.3 Å². The predicted molar refractivity (Wildman–Crippen MR) is 104 cm³/mol. The number of benzene rings is 1. The van der Waals surface area contributed by atoms with Crippen LogP contribution >= 0.6 is 0 Å². The fourth-order valence-corrected chi connectivity index (χ4v) is 2.13. The molecule has 1 rings (SSSR count). The van der Waals surface area contributed by atoms with E-state index in [1.165, 1.54) is 7.11 Å². The zero-order valence-corrected chi connectivity index (χ0v) is 16.4. The maximum atomic E-state index is 12.6. The second-order valence-corrected chi connectivity index (χ2v) is 6.49. The summed E-state index contributed by atoms with van der Waals surface area (Å²) in [6, 6.07) is 8.17. The van der Waals surface area contributed by atoms with Gasteiger partial charge in [-0.3, -0.25) is 20.3 Å². The van der Waals surface area contributed by atoms with Crippen molar-refractivity contribution in [2.24, 2.45) is 0 Å². The first-order chi connectivity index (χ1) is 13.3. The van der Waals surface area contributed by atoms with Crippen molar-refractivity contribution in [3.63, 3.8) is 0 Å². The fraction of sp³-hybridized carbons (Fsp3) is 0.474. The molecular formula is C19H27N5O4. The van der Waals surface area contributed by atoms with Gasteiger partial charge in [0.1, 0.15) is 18.0 Å². The van der Waals surface area contributed by atoms with Crippen molar-refractivity contribution < 1.29 is 19.1 Å². The highest BCUT2D eigenvalue weighted by atomic mass is 16.5. The minimum atomic E-state index is -1.07. The maximum Gasteiger partial charge on any atom is 0.252 e. The summed E-state index contributed by atoms with van der Waals surface area (Å²) in [5.41, 5.74) is -1.07. The van der Waals surface area contributed by atoms with E-state index >= 15 is 0 Å². The average Bonchev–Trinajstić information content (AvgIpc) is 2.69. The number of nitriles is 1. The molecule has 1 aromatic carbocycles. The lowest BCUT2D eigenvalue weighted by molar-refractivity contribution is -0.142. The number of hydrogen-bond donors (Lipinski definition) is 4. The van der Waals surface area contributed by atoms with Gasteiger partial charge in [0.15, 0.2) is 12.0 Å². The Balaban J connectivity index is 2.65. The molecule has 1 atom stereocenters. The zero-order chi connectivity index (χ0) is 21.0. The van der Waals surface area contributed by atoms with Gasteiger partial charge in [0.25, 0.3) is 5.91 Å². The van der Waals surface area contributed by atoms with Crippen molar-refractivity contribution >= 4 is 17.6 Å². The van der Waals surface area contributed by atoms with Gasteiger partial charge in [-0.1, -0.05) is 18.2 Å². The second-order valence-electron chi connectivity index (χ2n) is 6.49. The molecule has 1 amide bonds. The molecule has 0 aliphatic rings. The van der Waals surface area contributed by atoms with E-state index in [2.05, 4.69) is 16.0 Å². The van der Waals surface area contributed by atoms with Crippen LogP contribution in [0.25, 0.3) is 0 Å². The number of nitrogens with one attached hydrogen (secondary N) is 4. The largest absolute Gasteiger partial charge is 0.486 e. The Kier molecular flexibility index (Phi) is 9.47. The normalized spacial score (nSPS) is 11.6. The number of ketones is 1. The smallest absolute Gasteiger partial charge is 0.252 e. The summed E-state index contributed by atoms with van der Waals surface area (Å²) >= 11 is 0. The molecule has 0 aliphatic carbocycles. The summed E-state index contributed by atoms with van der Waals surface area (Å²) in [5.74, 6) is -0.229. The number of nitrogens with zero attached hydrogens (tertiary/aromatic N) is 1. The summed E-state index contributed by atoms with van der Waals surface area (Å²) in [7, 11) is 1.42. The highest BCUT2D eigenvalue weighted by Crippen LogP contribution is 2.11. The molecule has 28 heavy (non-hydrogen) atoms. The second kappa shape index (κ2) is 11.6. The van der Waals surface area contributed by atoms with E-state index in [1.54, 1.807) is 44.3 Å². The molecule has 9 heteroatoms. The molecule has 0 fully saturated rings. The van der Waals surface area contributed by atoms with Gasteiger partial charge in [-0.15, -0.1) is 0 Å². The van der Waals surface area contributed by atoms with Gasteiger partial charge in [-0.25, -0.2) is 0 Å². The number of hydrogen-bond acceptors (Lipinski definition) is 6. The minimum Gasteiger partial charge on any atom is -0.486 e. The molecule has 0 aromatic heterocycles. The Bertz CT molecular complexity index is 700. The van der Waals surface area contributed by atoms with E-state index in [4.69, 9.17) is 20.1 Å². The highest BCUT2D eigenvalue weighted by molar-refractivity contribution is 5.92. The van der Waals surface area contributed by atoms with Gasteiger partial charge in [-0.05, 0) is 38.8 Å². The first-order valence-electron chi connectivity index (χ1n) is 8.84. The fourth-order valence-electron chi connectivity index (χ4n) is 2.13. The van der Waals surface area contributed by atoms with E-state index < -0.39 is 17.6 Å². The number of guanidine groups is 1. The first kappa shape index (κ1) is 22.9. The third-order valence-corrected chi connectivity index (χ3v) is 4.03. The van der Waals surface area contributed by atoms with Crippen LogP contribution in [-0.4, -0.2) is 49.6 Å². The van der Waals surface area contributed by atoms with Gasteiger partial charge in [0, 0.05) is 13.7 Å². The summed E-state index contributed by atoms with van der Waals surface area (Å²) in [5, 5.41) is 23.4. The van der Waals surface area contributed by atoms with Crippen LogP contribution in [0.1, 0.15) is 26.7 Å². The molecule has 0 radical (unpaired) electrons. The molecule has 152 valence electrons. The predicted octanol–water partition coefficient (Wildman–Crippen LogP) is 0.920. The van der Waals surface area contributed by atoms with Gasteiger partial charge < -0.3 is 20.1 Å². The summed E-state index contributed by atoms with van der Waals surface area (Å²) in [6.07, 6.45) is 2.47. The lowest BCUT2D eigenvalue weighted by Crippen LogP contribution is -2.51. The van der Waals surface area contributed by atoms with E-state index in [0.29, 0.717) is 25.1 Å². The third kappa shape index (κ3) is 8.05. The monoisotopic (exact) mass is 389 g/mol. The highest BCUT2D eigenvalue weighted by Gasteiger charge is 2.31. The van der Waals surface area contributed by atoms with Gasteiger partial charge in [-0.2, -0.15) is 5.26 Å². The molecule has 1 unspecified atom stereocenters. The van der Waals surface area contributed by atoms with Crippen LogP contribution in [0.3, 0.4) is 0 Å². The number of rotatable bonds is 11. The average molecular weight is 389 g/mol. The SMILES string of the molecule is COC(C)(C)C(=O)NC(CCCNC(=N)NC#N)C(=O)COc1ccccc1. The number of carbonyl (C=O) groups is 2. The minimum absolute atomic E-state index is 0.123. The van der Waals surface area contributed by atoms with Crippen LogP contribution in [0.4, 0.5) is 0 Å². The molecule has 0 spiro atoms. The van der Waals surface area contributed by atoms with Gasteiger partial charge >= 0.3 is 0 Å². The number of Topliss-reactive ketones (excluding diaryl/α,β-unsaturated/α-hetero) is 1. The number of ether oxygens (including phenoxy) is 2. The molecule has 0 bridgehead atoms. The standard InChI is InChI=1S/C19H27N5O4/c1-19(2,27-3)17(26)24-15(10-7-11-22-18(21)23-13-20)16(25)12-28-14-8-5-4-6-9-14/h4-6,8-9,15H,7,10-12H2,1-3H3,(H,24,26)(H3,21,22,23). The molecule has 0 heterocycles. The van der Waals surface area contributed by atoms with Crippen molar-refractivity contribution in [2.45, 2.75) is 38.3 Å². The van der Waals surface area contributed by atoms with Crippen molar-refractivity contribution in [1.29, 1.82) is 10.7 Å². The van der Waals surface area contributed by atoms with Crippen LogP contribution in [0, 0.1) is 16.9 Å². The van der Waals surface area contributed by atoms with Gasteiger partial charge in [0.05, 0.1) is 6.04 Å². The van der Waals surface area contributed by atoms with Crippen LogP contribution < -0.4 is 20.7 Å². The molecule has 1 aromatic rings. The van der Waals surface area contributed by atoms with Crippen LogP contribution in [0.15, 0.2) is 30.3 Å². The van der Waals surface area contributed by atoms with Crippen molar-refractivity contribution in [3.8, 4) is 11.9 Å². The Morgan fingerprint density at radius 3 is 2.57 bits per heavy atom. The third-order valence-electron chi connectivity index (χ3n) is 4.03. The Morgan fingerprint density at radius 2 is 1.96 bits per heavy atom. The summed E-state index contributed by atoms with van der Waals surface area (Å²) < 4.78 is 10.7. The van der Waals surface area contributed by atoms with Crippen molar-refractivity contribution in [1.82, 2.24) is 16.0 Å². The molecule has 0 saturated heterocycles. The topological polar surface area (TPSA) is 136 Å². The van der Waals surface area contributed by atoms with E-state index in [1.807, 2.05) is 6.07 Å². The maximum absolute atomic E-state index is 12.6. The summed E-state index contributed by atoms with van der Waals surface area (Å²) in [6.45, 7) is 3.41. The van der Waals surface area contributed by atoms with Gasteiger partial charge in [0.2, 0.25) is 5.96 Å². The Labute approximate surface area is 164 Å². The number of carbonyl (C=O) groups excluding carboxylic acids is 2. The first-order valence-corrected chi connectivity index (χ1v) is 8.84. The summed E-state index contributed by atoms with van der Waals surface area (Å²) in [4.78, 5) is 25.0. The molecule has 0 aliphatic heterocycles. The van der Waals surface area contributed by atoms with Crippen LogP contribution in [0.2, 0.25) is 0 Å². The zero-order valence-electron chi connectivity index (χ0n) is 16.4. The van der Waals surface area contributed by atoms with E-state index in [-0.39, 0.29) is 18.3 Å². The Morgan fingerprint density at radius 1 is 1.29 bits per heavy atom. The number of methoxy groups -OCH3 is 1. The quantitative estimate of drug-likeness (QED) is 0.145.